The molecule has 0 saturated heterocycles. The maximum Gasteiger partial charge on any atom is 0.268 e. The lowest BCUT2D eigenvalue weighted by Crippen LogP contribution is -2.32. The van der Waals surface area contributed by atoms with Gasteiger partial charge < -0.3 is 5.32 Å². The van der Waals surface area contributed by atoms with Crippen molar-refractivity contribution < 1.29 is 14.4 Å². The predicted molar refractivity (Wildman–Crippen MR) is 97.1 cm³/mol. The van der Waals surface area contributed by atoms with E-state index in [1.807, 2.05) is 27.0 Å². The molecular weight excluding hydrogens is 332 g/mol. The molecule has 1 aliphatic rings. The molecule has 0 aliphatic carbocycles. The Morgan fingerprint density at radius 1 is 1.13 bits per heavy atom. The minimum Gasteiger partial charge on any atom is -0.354 e. The largest absolute Gasteiger partial charge is 0.354 e. The van der Waals surface area contributed by atoms with E-state index in [9.17, 15) is 14.4 Å². The molecule has 0 spiro atoms. The van der Waals surface area contributed by atoms with Gasteiger partial charge in [0.25, 0.3) is 11.8 Å². The van der Waals surface area contributed by atoms with Crippen LogP contribution in [0.5, 0.6) is 0 Å². The molecule has 0 fully saturated rings. The third-order valence-corrected chi connectivity index (χ3v) is 5.19. The molecule has 0 unspecified atom stereocenters. The van der Waals surface area contributed by atoms with Crippen LogP contribution in [0.15, 0.2) is 9.81 Å². The zero-order valence-electron chi connectivity index (χ0n) is 14.3. The average Bonchev–Trinajstić information content (AvgIpc) is 2.70. The van der Waals surface area contributed by atoms with Gasteiger partial charge in [0.2, 0.25) is 5.91 Å². The summed E-state index contributed by atoms with van der Waals surface area (Å²) >= 11 is 2.78. The summed E-state index contributed by atoms with van der Waals surface area (Å²) in [7, 11) is 0. The van der Waals surface area contributed by atoms with E-state index in [0.29, 0.717) is 22.8 Å². The topological polar surface area (TPSA) is 66.5 Å². The number of hydrogen-bond donors (Lipinski definition) is 1. The van der Waals surface area contributed by atoms with Crippen molar-refractivity contribution in [3.63, 3.8) is 0 Å². The Morgan fingerprint density at radius 2 is 1.78 bits per heavy atom. The lowest BCUT2D eigenvalue weighted by molar-refractivity contribution is -0.137. The average molecular weight is 359 g/mol. The van der Waals surface area contributed by atoms with Crippen molar-refractivity contribution in [3.05, 3.63) is 9.81 Å². The molecule has 0 radical (unpaired) electrons. The summed E-state index contributed by atoms with van der Waals surface area (Å²) in [5.74, 6) is 0.498. The van der Waals surface area contributed by atoms with Crippen LogP contribution in [0, 0.1) is 0 Å². The van der Waals surface area contributed by atoms with E-state index in [1.165, 1.54) is 28.4 Å². The summed E-state index contributed by atoms with van der Waals surface area (Å²) in [4.78, 5) is 38.6. The molecule has 1 heterocycles. The molecule has 0 aromatic carbocycles. The summed E-state index contributed by atoms with van der Waals surface area (Å²) in [6.45, 7) is 6.27. The fourth-order valence-corrected chi connectivity index (χ4v) is 4.04. The van der Waals surface area contributed by atoms with E-state index in [2.05, 4.69) is 5.32 Å². The van der Waals surface area contributed by atoms with Crippen molar-refractivity contribution in [1.82, 2.24) is 10.2 Å². The molecule has 0 atom stereocenters. The van der Waals surface area contributed by atoms with Gasteiger partial charge in [-0.3, -0.25) is 19.3 Å². The van der Waals surface area contributed by atoms with E-state index >= 15 is 0 Å². The van der Waals surface area contributed by atoms with E-state index in [-0.39, 0.29) is 23.8 Å². The summed E-state index contributed by atoms with van der Waals surface area (Å²) < 4.78 is 0. The zero-order chi connectivity index (χ0) is 17.4. The number of carbonyl (C=O) groups excluding carboxylic acids is 3. The SMILES string of the molecule is CCSC1=C(SC)C(=O)N(CCCCCC(=O)NC(C)C)C1=O. The van der Waals surface area contributed by atoms with Crippen LogP contribution in [0.2, 0.25) is 0 Å². The normalized spacial score (nSPS) is 15.1. The second-order valence-corrected chi connectivity index (χ2v) is 7.68. The van der Waals surface area contributed by atoms with Gasteiger partial charge in [0.05, 0.1) is 9.81 Å². The molecule has 0 bridgehead atoms. The Labute approximate surface area is 147 Å². The molecule has 1 aliphatic heterocycles. The van der Waals surface area contributed by atoms with Crippen LogP contribution in [-0.4, -0.2) is 47.2 Å². The fraction of sp³-hybridized carbons (Fsp3) is 0.688. The number of nitrogens with one attached hydrogen (secondary N) is 1. The van der Waals surface area contributed by atoms with Crippen LogP contribution in [0.25, 0.3) is 0 Å². The van der Waals surface area contributed by atoms with Crippen molar-refractivity contribution in [2.24, 2.45) is 0 Å². The van der Waals surface area contributed by atoms with Gasteiger partial charge in [0.15, 0.2) is 0 Å². The van der Waals surface area contributed by atoms with Gasteiger partial charge in [-0.25, -0.2) is 0 Å². The Balaban J connectivity index is 2.38. The van der Waals surface area contributed by atoms with Crippen molar-refractivity contribution >= 4 is 41.2 Å². The number of hydrogen-bond acceptors (Lipinski definition) is 5. The Bertz CT molecular complexity index is 490. The predicted octanol–water partition coefficient (Wildman–Crippen LogP) is 2.77. The number of thioether (sulfide) groups is 2. The molecule has 3 amide bonds. The summed E-state index contributed by atoms with van der Waals surface area (Å²) in [5, 5.41) is 2.85. The van der Waals surface area contributed by atoms with Crippen LogP contribution in [-0.2, 0) is 14.4 Å². The minimum absolute atomic E-state index is 0.0568. The summed E-state index contributed by atoms with van der Waals surface area (Å²) in [6, 6.07) is 0.160. The Kier molecular flexibility index (Phi) is 8.76. The highest BCUT2D eigenvalue weighted by Gasteiger charge is 2.37. The molecule has 7 heteroatoms. The summed E-state index contributed by atoms with van der Waals surface area (Å²) in [5.41, 5.74) is 0. The van der Waals surface area contributed by atoms with Gasteiger partial charge in [-0.05, 0) is 38.7 Å². The molecule has 130 valence electrons. The van der Waals surface area contributed by atoms with Gasteiger partial charge >= 0.3 is 0 Å². The highest BCUT2D eigenvalue weighted by atomic mass is 32.2. The van der Waals surface area contributed by atoms with Crippen LogP contribution in [0.4, 0.5) is 0 Å². The van der Waals surface area contributed by atoms with E-state index in [0.717, 1.165) is 25.0 Å². The van der Waals surface area contributed by atoms with Gasteiger partial charge in [-0.1, -0.05) is 13.3 Å². The Morgan fingerprint density at radius 3 is 2.35 bits per heavy atom. The summed E-state index contributed by atoms with van der Waals surface area (Å²) in [6.07, 6.45) is 4.65. The maximum absolute atomic E-state index is 12.3. The lowest BCUT2D eigenvalue weighted by Gasteiger charge is -2.14. The quantitative estimate of drug-likeness (QED) is 0.480. The third-order valence-electron chi connectivity index (χ3n) is 3.31. The molecule has 0 aromatic rings. The number of rotatable bonds is 10. The minimum atomic E-state index is -0.170. The first-order valence-electron chi connectivity index (χ1n) is 7.99. The van der Waals surface area contributed by atoms with Crippen molar-refractivity contribution in [2.75, 3.05) is 18.6 Å². The standard InChI is InChI=1S/C16H26N2O3S2/c1-5-23-14-13(22-4)15(20)18(16(14)21)10-8-6-7-9-12(19)17-11(2)3/h11H,5-10H2,1-4H3,(H,17,19). The molecule has 1 rings (SSSR count). The van der Waals surface area contributed by atoms with Crippen LogP contribution >= 0.6 is 23.5 Å². The highest BCUT2D eigenvalue weighted by Crippen LogP contribution is 2.35. The number of unbranched alkanes of at least 4 members (excludes halogenated alkanes) is 2. The van der Waals surface area contributed by atoms with Crippen LogP contribution in [0.1, 0.15) is 46.5 Å². The van der Waals surface area contributed by atoms with Gasteiger partial charge in [0, 0.05) is 19.0 Å². The first-order valence-corrected chi connectivity index (χ1v) is 10.2. The number of imide groups is 1. The van der Waals surface area contributed by atoms with Crippen LogP contribution < -0.4 is 5.32 Å². The second-order valence-electron chi connectivity index (χ2n) is 5.59. The van der Waals surface area contributed by atoms with Crippen molar-refractivity contribution in [2.45, 2.75) is 52.5 Å². The van der Waals surface area contributed by atoms with E-state index in [1.54, 1.807) is 0 Å². The van der Waals surface area contributed by atoms with Gasteiger partial charge in [-0.15, -0.1) is 23.5 Å². The Hall–Kier alpha value is -0.950. The fourth-order valence-electron chi connectivity index (χ4n) is 2.31. The monoisotopic (exact) mass is 358 g/mol. The first-order chi connectivity index (χ1) is 10.9. The van der Waals surface area contributed by atoms with Crippen LogP contribution in [0.3, 0.4) is 0 Å². The molecule has 5 nitrogen and oxygen atoms in total. The number of amides is 3. The highest BCUT2D eigenvalue weighted by molar-refractivity contribution is 8.07. The van der Waals surface area contributed by atoms with Crippen molar-refractivity contribution in [3.8, 4) is 0 Å². The third kappa shape index (κ3) is 5.88. The number of nitrogens with zero attached hydrogens (tertiary/aromatic N) is 1. The van der Waals surface area contributed by atoms with Crippen molar-refractivity contribution in [1.29, 1.82) is 0 Å². The van der Waals surface area contributed by atoms with E-state index in [4.69, 9.17) is 0 Å². The maximum atomic E-state index is 12.3. The molecule has 23 heavy (non-hydrogen) atoms. The smallest absolute Gasteiger partial charge is 0.268 e. The molecular formula is C16H26N2O3S2. The van der Waals surface area contributed by atoms with Gasteiger partial charge in [-0.2, -0.15) is 0 Å². The van der Waals surface area contributed by atoms with Gasteiger partial charge in [0.1, 0.15) is 0 Å². The molecule has 0 saturated carbocycles. The number of carbonyl (C=O) groups is 3. The van der Waals surface area contributed by atoms with E-state index < -0.39 is 0 Å². The zero-order valence-corrected chi connectivity index (χ0v) is 15.9. The molecule has 0 aromatic heterocycles. The molecule has 1 N–H and O–H groups in total. The second kappa shape index (κ2) is 10.0. The lowest BCUT2D eigenvalue weighted by atomic mass is 10.1. The first kappa shape index (κ1) is 20.1.